The first-order valence-corrected chi connectivity index (χ1v) is 22.6. The standard InChI is InChI=1S/C45H50F4N6O6S/c1-27(2)55-36-18-12-16-34(28-21-30(45(47,48)49)23-31(46)22-28)38(36)51-42(55)61-33-24-37-39(56)52-44(41(58)53-62(59,60)43(3)19-20-43)25-29(44)13-8-5-4-6-11-17-35(40(57)54(37)26-33)50-32-14-9-7-10-15-32/h7-10,12-16,18,21-23,27,29,33,35,37,50H,4-6,11,17,19-20,24-26H2,1-3H3,(H,52,56)(H,53,58)/b13-8-/t29-,33+,35-,37-,44+/m0/s1. The molecule has 0 bridgehead atoms. The van der Waals surface area contributed by atoms with E-state index in [1.807, 2.05) is 56.3 Å². The van der Waals surface area contributed by atoms with Crippen LogP contribution in [0.2, 0.25) is 0 Å². The molecule has 3 heterocycles. The first-order valence-electron chi connectivity index (χ1n) is 21.1. The first kappa shape index (κ1) is 43.2. The van der Waals surface area contributed by atoms with Crippen LogP contribution < -0.4 is 20.1 Å². The molecule has 3 amide bonds. The lowest BCUT2D eigenvalue weighted by atomic mass is 10.0. The van der Waals surface area contributed by atoms with E-state index in [4.69, 9.17) is 9.72 Å². The number of benzene rings is 3. The van der Waals surface area contributed by atoms with Crippen LogP contribution in [0.3, 0.4) is 0 Å². The van der Waals surface area contributed by atoms with Crippen molar-refractivity contribution < 1.29 is 45.1 Å². The molecule has 0 radical (unpaired) electrons. The van der Waals surface area contributed by atoms with E-state index in [1.54, 1.807) is 29.7 Å². The van der Waals surface area contributed by atoms with Crippen LogP contribution in [0, 0.1) is 11.7 Å². The number of hydrogen-bond donors (Lipinski definition) is 3. The third-order valence-electron chi connectivity index (χ3n) is 12.6. The maximum absolute atomic E-state index is 14.8. The number of rotatable bonds is 9. The molecule has 8 rings (SSSR count). The van der Waals surface area contributed by atoms with Crippen LogP contribution in [0.1, 0.15) is 90.2 Å². The lowest BCUT2D eigenvalue weighted by Gasteiger charge is -2.30. The Balaban J connectivity index is 1.14. The predicted molar refractivity (Wildman–Crippen MR) is 225 cm³/mol. The fourth-order valence-electron chi connectivity index (χ4n) is 8.65. The molecule has 3 aromatic carbocycles. The molecule has 3 N–H and O–H groups in total. The van der Waals surface area contributed by atoms with Crippen molar-refractivity contribution >= 4 is 44.5 Å². The highest BCUT2D eigenvalue weighted by Gasteiger charge is 2.63. The number of nitrogens with zero attached hydrogens (tertiary/aromatic N) is 3. The summed E-state index contributed by atoms with van der Waals surface area (Å²) in [7, 11) is -4.04. The number of amides is 3. The number of halogens is 4. The molecule has 17 heteroatoms. The number of aromatic nitrogens is 2. The number of carbonyl (C=O) groups is 3. The Kier molecular flexibility index (Phi) is 11.4. The van der Waals surface area contributed by atoms with Gasteiger partial charge in [-0.05, 0) is 101 Å². The van der Waals surface area contributed by atoms with E-state index in [2.05, 4.69) is 15.4 Å². The van der Waals surface area contributed by atoms with Crippen LogP contribution in [0.25, 0.3) is 22.2 Å². The maximum Gasteiger partial charge on any atom is 0.416 e. The van der Waals surface area contributed by atoms with E-state index in [-0.39, 0.29) is 54.0 Å². The first-order chi connectivity index (χ1) is 29.4. The molecule has 2 aliphatic carbocycles. The molecule has 5 atom stereocenters. The van der Waals surface area contributed by atoms with Crippen molar-refractivity contribution in [3.63, 3.8) is 0 Å². The number of allylic oxidation sites excluding steroid dienone is 1. The van der Waals surface area contributed by atoms with Crippen molar-refractivity contribution in [2.75, 3.05) is 11.9 Å². The van der Waals surface area contributed by atoms with Crippen LogP contribution in [0.15, 0.2) is 78.9 Å². The number of carbonyl (C=O) groups excluding carboxylic acids is 3. The highest BCUT2D eigenvalue weighted by molar-refractivity contribution is 7.91. The summed E-state index contributed by atoms with van der Waals surface area (Å²) in [6, 6.07) is 14.4. The fraction of sp³-hybridized carbons (Fsp3) is 0.467. The molecule has 1 saturated heterocycles. The van der Waals surface area contributed by atoms with Crippen LogP contribution in [-0.2, 0) is 30.6 Å². The smallest absolute Gasteiger partial charge is 0.416 e. The van der Waals surface area contributed by atoms with Crippen molar-refractivity contribution in [3.8, 4) is 17.1 Å². The molecule has 1 aromatic heterocycles. The zero-order valence-electron chi connectivity index (χ0n) is 34.7. The summed E-state index contributed by atoms with van der Waals surface area (Å²) in [5, 5.41) is 6.26. The third-order valence-corrected chi connectivity index (χ3v) is 14.8. The van der Waals surface area contributed by atoms with Crippen molar-refractivity contribution in [2.45, 2.75) is 119 Å². The fourth-order valence-corrected chi connectivity index (χ4v) is 9.96. The Hall–Kier alpha value is -5.45. The van der Waals surface area contributed by atoms with E-state index in [9.17, 15) is 40.4 Å². The van der Waals surface area contributed by atoms with E-state index in [1.165, 1.54) is 4.90 Å². The minimum atomic E-state index is -4.79. The summed E-state index contributed by atoms with van der Waals surface area (Å²) in [6.45, 7) is 5.25. The molecule has 2 aliphatic heterocycles. The van der Waals surface area contributed by atoms with Gasteiger partial charge in [0, 0.05) is 29.6 Å². The Morgan fingerprint density at radius 3 is 2.48 bits per heavy atom. The quantitative estimate of drug-likeness (QED) is 0.115. The molecule has 4 aromatic rings. The average molecular weight is 879 g/mol. The summed E-state index contributed by atoms with van der Waals surface area (Å²) in [5.41, 5.74) is -1.01. The summed E-state index contributed by atoms with van der Waals surface area (Å²) < 4.78 is 91.9. The number of anilines is 1. The van der Waals surface area contributed by atoms with E-state index in [0.717, 1.165) is 25.0 Å². The van der Waals surface area contributed by atoms with Crippen molar-refractivity contribution in [2.24, 2.45) is 5.92 Å². The molecule has 2 saturated carbocycles. The number of nitrogens with one attached hydrogen (secondary N) is 3. The van der Waals surface area contributed by atoms with Gasteiger partial charge in [-0.2, -0.15) is 18.2 Å². The second kappa shape index (κ2) is 16.3. The molecule has 4 aliphatic rings. The van der Waals surface area contributed by atoms with Crippen LogP contribution in [0.4, 0.5) is 23.2 Å². The van der Waals surface area contributed by atoms with Gasteiger partial charge in [-0.1, -0.05) is 55.3 Å². The number of alkyl halides is 3. The van der Waals surface area contributed by atoms with Crippen molar-refractivity contribution in [1.82, 2.24) is 24.5 Å². The summed E-state index contributed by atoms with van der Waals surface area (Å²) in [6.07, 6.45) is 2.64. The van der Waals surface area contributed by atoms with Crippen molar-refractivity contribution in [3.05, 3.63) is 90.3 Å². The monoisotopic (exact) mass is 878 g/mol. The minimum Gasteiger partial charge on any atom is -0.459 e. The zero-order valence-corrected chi connectivity index (χ0v) is 35.5. The Bertz CT molecular complexity index is 2520. The Labute approximate surface area is 357 Å². The topological polar surface area (TPSA) is 152 Å². The number of ether oxygens (including phenoxy) is 1. The molecule has 3 fully saturated rings. The molecule has 0 spiro atoms. The van der Waals surface area contributed by atoms with Gasteiger partial charge in [0.05, 0.1) is 22.4 Å². The molecule has 62 heavy (non-hydrogen) atoms. The molecule has 330 valence electrons. The highest BCUT2D eigenvalue weighted by atomic mass is 32.2. The lowest BCUT2D eigenvalue weighted by Crippen LogP contribution is -2.58. The van der Waals surface area contributed by atoms with Crippen LogP contribution in [-0.4, -0.2) is 75.6 Å². The van der Waals surface area contributed by atoms with Crippen LogP contribution >= 0.6 is 0 Å². The molecular formula is C45H50F4N6O6S. The maximum atomic E-state index is 14.8. The second-order valence-electron chi connectivity index (χ2n) is 17.5. The van der Waals surface area contributed by atoms with Gasteiger partial charge in [0.25, 0.3) is 11.9 Å². The largest absolute Gasteiger partial charge is 0.459 e. The normalized spacial score (nSPS) is 25.8. The van der Waals surface area contributed by atoms with E-state index < -0.39 is 73.8 Å². The van der Waals surface area contributed by atoms with E-state index in [0.29, 0.717) is 49.4 Å². The lowest BCUT2D eigenvalue weighted by molar-refractivity contribution is -0.140. The van der Waals surface area contributed by atoms with E-state index >= 15 is 0 Å². The van der Waals surface area contributed by atoms with Gasteiger partial charge < -0.3 is 20.3 Å². The van der Waals surface area contributed by atoms with Gasteiger partial charge >= 0.3 is 6.18 Å². The van der Waals surface area contributed by atoms with Gasteiger partial charge in [-0.15, -0.1) is 0 Å². The van der Waals surface area contributed by atoms with Gasteiger partial charge in [0.2, 0.25) is 21.8 Å². The Morgan fingerprint density at radius 2 is 1.77 bits per heavy atom. The predicted octanol–water partition coefficient (Wildman–Crippen LogP) is 7.66. The second-order valence-corrected chi connectivity index (χ2v) is 19.7. The van der Waals surface area contributed by atoms with Gasteiger partial charge in [-0.3, -0.25) is 23.7 Å². The van der Waals surface area contributed by atoms with Crippen LogP contribution in [0.5, 0.6) is 6.01 Å². The molecule has 0 unspecified atom stereocenters. The molecular weight excluding hydrogens is 829 g/mol. The van der Waals surface area contributed by atoms with Gasteiger partial charge in [-0.25, -0.2) is 12.8 Å². The van der Waals surface area contributed by atoms with Gasteiger partial charge in [0.1, 0.15) is 35.1 Å². The number of hydrogen-bond acceptors (Lipinski definition) is 8. The Morgan fingerprint density at radius 1 is 1.02 bits per heavy atom. The summed E-state index contributed by atoms with van der Waals surface area (Å²) in [4.78, 5) is 49.6. The van der Waals surface area contributed by atoms with Gasteiger partial charge in [0.15, 0.2) is 0 Å². The summed E-state index contributed by atoms with van der Waals surface area (Å²) >= 11 is 0. The number of para-hydroxylation sites is 2. The highest BCUT2D eigenvalue weighted by Crippen LogP contribution is 2.48. The number of fused-ring (bicyclic) bond motifs is 3. The average Bonchev–Trinajstić information content (AvgIpc) is 4.04. The SMILES string of the molecule is CC(C)n1c(O[C@@H]2C[C@H]3C(=O)N[C@]4(C(=O)NS(=O)(=O)C5(C)CC5)C[C@@H]4/C=C\CCCCC[C@H](Nc4ccccc4)C(=O)N3C2)nc2c(-c3cc(F)cc(C(F)(F)F)c3)cccc21. The number of sulfonamides is 1. The van der Waals surface area contributed by atoms with Crippen molar-refractivity contribution in [1.29, 1.82) is 0 Å². The molecule has 12 nitrogen and oxygen atoms in total. The number of imidazole rings is 1. The zero-order chi connectivity index (χ0) is 44.2. The third kappa shape index (κ3) is 8.51. The summed E-state index contributed by atoms with van der Waals surface area (Å²) in [5.74, 6) is -3.38. The minimum absolute atomic E-state index is 0.0286.